The van der Waals surface area contributed by atoms with Crippen LogP contribution in [-0.4, -0.2) is 14.2 Å². The minimum Gasteiger partial charge on any atom is -0.497 e. The number of rotatable bonds is 4. The fraction of sp³-hybridized carbons (Fsp3) is 0.0833. The van der Waals surface area contributed by atoms with Crippen molar-refractivity contribution in [2.75, 3.05) is 14.2 Å². The van der Waals surface area contributed by atoms with Crippen molar-refractivity contribution in [1.82, 2.24) is 0 Å². The average molecular weight is 466 g/mol. The molecule has 0 amide bonds. The minimum absolute atomic E-state index is 0.863. The highest BCUT2D eigenvalue weighted by atomic mass is 127. The zero-order chi connectivity index (χ0) is 18.8. The first-order valence-electron chi connectivity index (χ1n) is 8.71. The molecule has 0 heterocycles. The molecule has 0 saturated heterocycles. The van der Waals surface area contributed by atoms with Crippen molar-refractivity contribution in [3.63, 3.8) is 0 Å². The molecule has 0 atom stereocenters. The number of hydrogen-bond acceptors (Lipinski definition) is 2. The maximum atomic E-state index is 5.67. The van der Waals surface area contributed by atoms with Gasteiger partial charge in [-0.2, -0.15) is 0 Å². The molecule has 134 valence electrons. The van der Waals surface area contributed by atoms with E-state index in [2.05, 4.69) is 83.3 Å². The molecule has 0 fully saturated rings. The molecule has 4 aromatic carbocycles. The monoisotopic (exact) mass is 466 g/mol. The van der Waals surface area contributed by atoms with Crippen LogP contribution in [0.3, 0.4) is 0 Å². The first-order valence-corrected chi connectivity index (χ1v) is 9.78. The summed E-state index contributed by atoms with van der Waals surface area (Å²) < 4.78 is 12.2. The number of methoxy groups -OCH3 is 2. The predicted molar refractivity (Wildman–Crippen MR) is 121 cm³/mol. The van der Waals surface area contributed by atoms with Gasteiger partial charge in [0.2, 0.25) is 0 Å². The fourth-order valence-electron chi connectivity index (χ4n) is 3.40. The lowest BCUT2D eigenvalue weighted by Gasteiger charge is -2.14. The highest BCUT2D eigenvalue weighted by molar-refractivity contribution is 14.1. The largest absolute Gasteiger partial charge is 0.497 e. The van der Waals surface area contributed by atoms with E-state index in [0.717, 1.165) is 22.6 Å². The van der Waals surface area contributed by atoms with Gasteiger partial charge < -0.3 is 9.47 Å². The number of fused-ring (bicyclic) bond motifs is 1. The molecule has 2 nitrogen and oxygen atoms in total. The van der Waals surface area contributed by atoms with Crippen LogP contribution in [0.25, 0.3) is 33.0 Å². The highest BCUT2D eigenvalue weighted by Crippen LogP contribution is 2.39. The lowest BCUT2D eigenvalue weighted by atomic mass is 9.94. The lowest BCUT2D eigenvalue weighted by molar-refractivity contribution is 0.415. The number of benzene rings is 4. The molecule has 3 heteroatoms. The fourth-order valence-corrected chi connectivity index (χ4v) is 3.95. The normalized spacial score (nSPS) is 10.8. The SMILES string of the molecule is COc1cccc(-c2ccc3c(-c4cccc(I)c4)c(OC)ccc3c2)c1. The van der Waals surface area contributed by atoms with Gasteiger partial charge in [-0.25, -0.2) is 0 Å². The van der Waals surface area contributed by atoms with E-state index >= 15 is 0 Å². The Labute approximate surface area is 172 Å². The summed E-state index contributed by atoms with van der Waals surface area (Å²) >= 11 is 2.35. The summed E-state index contributed by atoms with van der Waals surface area (Å²) in [4.78, 5) is 0. The van der Waals surface area contributed by atoms with E-state index in [1.807, 2.05) is 18.2 Å². The molecule has 0 aliphatic rings. The van der Waals surface area contributed by atoms with Gasteiger partial charge in [-0.1, -0.05) is 42.5 Å². The van der Waals surface area contributed by atoms with Crippen LogP contribution in [0, 0.1) is 3.57 Å². The van der Waals surface area contributed by atoms with Crippen LogP contribution in [0.2, 0.25) is 0 Å². The van der Waals surface area contributed by atoms with Crippen molar-refractivity contribution in [3.8, 4) is 33.8 Å². The summed E-state index contributed by atoms with van der Waals surface area (Å²) in [6.45, 7) is 0. The topological polar surface area (TPSA) is 18.5 Å². The van der Waals surface area contributed by atoms with E-state index in [1.54, 1.807) is 14.2 Å². The van der Waals surface area contributed by atoms with Crippen LogP contribution >= 0.6 is 22.6 Å². The molecule has 0 spiro atoms. The van der Waals surface area contributed by atoms with Crippen LogP contribution in [0.1, 0.15) is 0 Å². The second-order valence-electron chi connectivity index (χ2n) is 6.32. The molecule has 0 radical (unpaired) electrons. The number of halogens is 1. The Bertz CT molecular complexity index is 1120. The summed E-state index contributed by atoms with van der Waals surface area (Å²) in [7, 11) is 3.42. The molecule has 4 aromatic rings. The van der Waals surface area contributed by atoms with E-state index < -0.39 is 0 Å². The minimum atomic E-state index is 0.863. The van der Waals surface area contributed by atoms with Crippen molar-refractivity contribution >= 4 is 33.4 Å². The van der Waals surface area contributed by atoms with Crippen LogP contribution in [0.5, 0.6) is 11.5 Å². The van der Waals surface area contributed by atoms with Crippen molar-refractivity contribution in [1.29, 1.82) is 0 Å². The smallest absolute Gasteiger partial charge is 0.127 e. The van der Waals surface area contributed by atoms with Crippen LogP contribution in [0.4, 0.5) is 0 Å². The molecule has 0 aliphatic carbocycles. The Kier molecular flexibility index (Phi) is 5.03. The maximum Gasteiger partial charge on any atom is 0.127 e. The number of hydrogen-bond donors (Lipinski definition) is 0. The molecular weight excluding hydrogens is 447 g/mol. The van der Waals surface area contributed by atoms with E-state index in [1.165, 1.54) is 25.5 Å². The quantitative estimate of drug-likeness (QED) is 0.308. The second-order valence-corrected chi connectivity index (χ2v) is 7.57. The third-order valence-electron chi connectivity index (χ3n) is 4.72. The Morgan fingerprint density at radius 1 is 0.667 bits per heavy atom. The lowest BCUT2D eigenvalue weighted by Crippen LogP contribution is -1.91. The first-order chi connectivity index (χ1) is 13.2. The van der Waals surface area contributed by atoms with Gasteiger partial charge >= 0.3 is 0 Å². The van der Waals surface area contributed by atoms with Crippen molar-refractivity contribution in [3.05, 3.63) is 82.4 Å². The van der Waals surface area contributed by atoms with Crippen molar-refractivity contribution in [2.24, 2.45) is 0 Å². The maximum absolute atomic E-state index is 5.67. The molecule has 0 bridgehead atoms. The van der Waals surface area contributed by atoms with E-state index in [0.29, 0.717) is 0 Å². The van der Waals surface area contributed by atoms with Gasteiger partial charge in [-0.15, -0.1) is 0 Å². The molecule has 27 heavy (non-hydrogen) atoms. The first kappa shape index (κ1) is 17.9. The van der Waals surface area contributed by atoms with E-state index in [9.17, 15) is 0 Å². The highest BCUT2D eigenvalue weighted by Gasteiger charge is 2.12. The zero-order valence-corrected chi connectivity index (χ0v) is 17.4. The average Bonchev–Trinajstić information content (AvgIpc) is 2.72. The van der Waals surface area contributed by atoms with Gasteiger partial charge in [0, 0.05) is 9.13 Å². The summed E-state index contributed by atoms with van der Waals surface area (Å²) in [5.41, 5.74) is 4.60. The van der Waals surface area contributed by atoms with Gasteiger partial charge in [-0.05, 0) is 86.5 Å². The van der Waals surface area contributed by atoms with Gasteiger partial charge in [0.15, 0.2) is 0 Å². The summed E-state index contributed by atoms with van der Waals surface area (Å²) in [5.74, 6) is 1.75. The zero-order valence-electron chi connectivity index (χ0n) is 15.2. The third kappa shape index (κ3) is 3.52. The molecular formula is C24H19IO2. The molecule has 0 N–H and O–H groups in total. The Balaban J connectivity index is 1.91. The van der Waals surface area contributed by atoms with Gasteiger partial charge in [-0.3, -0.25) is 0 Å². The van der Waals surface area contributed by atoms with E-state index in [4.69, 9.17) is 9.47 Å². The number of ether oxygens (including phenoxy) is 2. The summed E-state index contributed by atoms with van der Waals surface area (Å²) in [6, 6.07) is 27.4. The summed E-state index contributed by atoms with van der Waals surface area (Å²) in [6.07, 6.45) is 0. The van der Waals surface area contributed by atoms with Crippen LogP contribution < -0.4 is 9.47 Å². The van der Waals surface area contributed by atoms with Crippen LogP contribution in [0.15, 0.2) is 78.9 Å². The third-order valence-corrected chi connectivity index (χ3v) is 5.39. The van der Waals surface area contributed by atoms with Gasteiger partial charge in [0.25, 0.3) is 0 Å². The van der Waals surface area contributed by atoms with Crippen molar-refractivity contribution in [2.45, 2.75) is 0 Å². The Hall–Kier alpha value is -2.53. The predicted octanol–water partition coefficient (Wildman–Crippen LogP) is 6.80. The molecule has 0 aromatic heterocycles. The Morgan fingerprint density at radius 3 is 2.22 bits per heavy atom. The van der Waals surface area contributed by atoms with Crippen LogP contribution in [-0.2, 0) is 0 Å². The molecule has 0 aliphatic heterocycles. The van der Waals surface area contributed by atoms with Gasteiger partial charge in [0.05, 0.1) is 14.2 Å². The van der Waals surface area contributed by atoms with E-state index in [-0.39, 0.29) is 0 Å². The Morgan fingerprint density at radius 2 is 1.44 bits per heavy atom. The summed E-state index contributed by atoms with van der Waals surface area (Å²) in [5, 5.41) is 2.37. The standard InChI is InChI=1S/C24H19IO2/c1-26-21-8-4-5-16(15-21)17-9-11-22-18(13-17)10-12-23(27-2)24(22)19-6-3-7-20(25)14-19/h3-15H,1-2H3. The molecule has 0 unspecified atom stereocenters. The van der Waals surface area contributed by atoms with Crippen molar-refractivity contribution < 1.29 is 9.47 Å². The van der Waals surface area contributed by atoms with Gasteiger partial charge in [0.1, 0.15) is 11.5 Å². The molecule has 0 saturated carbocycles. The molecule has 4 rings (SSSR count). The second kappa shape index (κ2) is 7.61.